The highest BCUT2D eigenvalue weighted by atomic mass is 79.9. The molecule has 0 saturated carbocycles. The minimum atomic E-state index is -4.21. The fraction of sp³-hybridized carbons (Fsp3) is 0. The van der Waals surface area contributed by atoms with E-state index in [9.17, 15) is 8.42 Å². The Morgan fingerprint density at radius 2 is 1.92 bits per heavy atom. The summed E-state index contributed by atoms with van der Waals surface area (Å²) < 4.78 is 32.7. The molecule has 1 rings (SSSR count). The smallest absolute Gasteiger partial charge is 0.269 e. The lowest BCUT2D eigenvalue weighted by atomic mass is 10.3. The largest absolute Gasteiger partial charge is 0.357 e. The minimum Gasteiger partial charge on any atom is -0.269 e. The summed E-state index contributed by atoms with van der Waals surface area (Å²) in [5.41, 5.74) is 0.283. The molecule has 2 N–H and O–H groups in total. The molecule has 0 aromatic heterocycles. The molecule has 72 valence electrons. The third kappa shape index (κ3) is 3.63. The molecule has 0 aliphatic carbocycles. The number of anilines is 1. The fourth-order valence-corrected chi connectivity index (χ4v) is 2.44. The fourth-order valence-electron chi connectivity index (χ4n) is 0.711. The lowest BCUT2D eigenvalue weighted by Gasteiger charge is -2.04. The van der Waals surface area contributed by atoms with Gasteiger partial charge >= 0.3 is 10.3 Å². The van der Waals surface area contributed by atoms with E-state index in [4.69, 9.17) is 4.55 Å². The second-order valence-corrected chi connectivity index (χ2v) is 5.13. The predicted molar refractivity (Wildman–Crippen MR) is 57.0 cm³/mol. The van der Waals surface area contributed by atoms with Crippen molar-refractivity contribution in [2.75, 3.05) is 4.72 Å². The van der Waals surface area contributed by atoms with Crippen LogP contribution in [0.15, 0.2) is 27.1 Å². The summed E-state index contributed by atoms with van der Waals surface area (Å²) in [7, 11) is -4.21. The minimum absolute atomic E-state index is 0.283. The van der Waals surface area contributed by atoms with Crippen LogP contribution in [0.2, 0.25) is 0 Å². The highest BCUT2D eigenvalue weighted by Gasteiger charge is 2.06. The molecule has 0 fully saturated rings. The first-order valence-corrected chi connectivity index (χ1v) is 6.11. The van der Waals surface area contributed by atoms with Gasteiger partial charge in [-0.25, -0.2) is 0 Å². The number of hydrogen-bond donors (Lipinski definition) is 2. The van der Waals surface area contributed by atoms with Crippen molar-refractivity contribution in [3.63, 3.8) is 0 Å². The van der Waals surface area contributed by atoms with E-state index in [2.05, 4.69) is 31.9 Å². The van der Waals surface area contributed by atoms with E-state index < -0.39 is 10.3 Å². The molecular weight excluding hydrogens is 326 g/mol. The molecule has 1 aromatic rings. The first kappa shape index (κ1) is 11.0. The monoisotopic (exact) mass is 329 g/mol. The zero-order chi connectivity index (χ0) is 10.1. The number of benzene rings is 1. The van der Waals surface area contributed by atoms with E-state index in [1.54, 1.807) is 12.1 Å². The lowest BCUT2D eigenvalue weighted by molar-refractivity contribution is 0.489. The van der Waals surface area contributed by atoms with Gasteiger partial charge in [0.25, 0.3) is 0 Å². The molecule has 4 nitrogen and oxygen atoms in total. The van der Waals surface area contributed by atoms with E-state index in [1.165, 1.54) is 6.07 Å². The molecule has 0 radical (unpaired) electrons. The van der Waals surface area contributed by atoms with Gasteiger partial charge in [-0.15, -0.1) is 0 Å². The van der Waals surface area contributed by atoms with Crippen molar-refractivity contribution >= 4 is 47.9 Å². The van der Waals surface area contributed by atoms with Crippen molar-refractivity contribution < 1.29 is 13.0 Å². The molecule has 0 aliphatic rings. The second kappa shape index (κ2) is 3.95. The Balaban J connectivity index is 3.04. The van der Waals surface area contributed by atoms with Crippen LogP contribution in [0.5, 0.6) is 0 Å². The maximum Gasteiger partial charge on any atom is 0.357 e. The lowest BCUT2D eigenvalue weighted by Crippen LogP contribution is -2.10. The first-order chi connectivity index (χ1) is 5.88. The molecule has 0 aliphatic heterocycles. The van der Waals surface area contributed by atoms with E-state index in [1.807, 2.05) is 4.72 Å². The zero-order valence-electron chi connectivity index (χ0n) is 6.16. The van der Waals surface area contributed by atoms with Crippen molar-refractivity contribution in [3.8, 4) is 0 Å². The maximum absolute atomic E-state index is 10.4. The SMILES string of the molecule is O=S(=O)(O)Nc1ccc(Br)cc1Br. The van der Waals surface area contributed by atoms with Crippen LogP contribution in [0.4, 0.5) is 5.69 Å². The summed E-state index contributed by atoms with van der Waals surface area (Å²) in [6, 6.07) is 4.83. The Morgan fingerprint density at radius 3 is 2.38 bits per heavy atom. The van der Waals surface area contributed by atoms with E-state index in [0.717, 1.165) is 4.47 Å². The van der Waals surface area contributed by atoms with Gasteiger partial charge in [-0.1, -0.05) is 15.9 Å². The van der Waals surface area contributed by atoms with Crippen molar-refractivity contribution in [1.29, 1.82) is 0 Å². The van der Waals surface area contributed by atoms with Crippen LogP contribution in [0.3, 0.4) is 0 Å². The van der Waals surface area contributed by atoms with E-state index in [0.29, 0.717) is 4.47 Å². The molecule has 0 amide bonds. The predicted octanol–water partition coefficient (Wildman–Crippen LogP) is 2.43. The van der Waals surface area contributed by atoms with Crippen molar-refractivity contribution in [2.24, 2.45) is 0 Å². The van der Waals surface area contributed by atoms with Gasteiger partial charge in [-0.3, -0.25) is 9.27 Å². The van der Waals surface area contributed by atoms with Crippen LogP contribution in [0.1, 0.15) is 0 Å². The topological polar surface area (TPSA) is 66.4 Å². The van der Waals surface area contributed by atoms with Crippen molar-refractivity contribution in [2.45, 2.75) is 0 Å². The van der Waals surface area contributed by atoms with Crippen molar-refractivity contribution in [1.82, 2.24) is 0 Å². The van der Waals surface area contributed by atoms with Crippen LogP contribution in [0, 0.1) is 0 Å². The Kier molecular flexibility index (Phi) is 3.33. The highest BCUT2D eigenvalue weighted by Crippen LogP contribution is 2.26. The highest BCUT2D eigenvalue weighted by molar-refractivity contribution is 9.11. The molecular formula is C6H5Br2NO3S. The van der Waals surface area contributed by atoms with E-state index in [-0.39, 0.29) is 5.69 Å². The van der Waals surface area contributed by atoms with Crippen LogP contribution in [-0.2, 0) is 10.3 Å². The summed E-state index contributed by atoms with van der Waals surface area (Å²) in [6.07, 6.45) is 0. The normalized spacial score (nSPS) is 11.3. The van der Waals surface area contributed by atoms with Crippen LogP contribution >= 0.6 is 31.9 Å². The number of nitrogens with one attached hydrogen (secondary N) is 1. The quantitative estimate of drug-likeness (QED) is 0.818. The van der Waals surface area contributed by atoms with Crippen LogP contribution in [0.25, 0.3) is 0 Å². The summed E-state index contributed by atoms with van der Waals surface area (Å²) in [5.74, 6) is 0. The molecule has 7 heteroatoms. The molecule has 0 bridgehead atoms. The van der Waals surface area contributed by atoms with Crippen molar-refractivity contribution in [3.05, 3.63) is 27.1 Å². The van der Waals surface area contributed by atoms with Gasteiger partial charge in [0.2, 0.25) is 0 Å². The Bertz CT molecular complexity index is 418. The third-order valence-electron chi connectivity index (χ3n) is 1.17. The van der Waals surface area contributed by atoms with Gasteiger partial charge in [-0.2, -0.15) is 8.42 Å². The second-order valence-electron chi connectivity index (χ2n) is 2.20. The van der Waals surface area contributed by atoms with Gasteiger partial charge in [0.15, 0.2) is 0 Å². The Labute approximate surface area is 92.5 Å². The average Bonchev–Trinajstić information content (AvgIpc) is 1.93. The number of rotatable bonds is 2. The molecule has 0 atom stereocenters. The summed E-state index contributed by atoms with van der Waals surface area (Å²) in [5, 5.41) is 0. The molecule has 13 heavy (non-hydrogen) atoms. The summed E-state index contributed by atoms with van der Waals surface area (Å²) in [4.78, 5) is 0. The molecule has 0 saturated heterocycles. The zero-order valence-corrected chi connectivity index (χ0v) is 10.1. The van der Waals surface area contributed by atoms with Crippen LogP contribution < -0.4 is 4.72 Å². The van der Waals surface area contributed by atoms with Gasteiger partial charge in [0.05, 0.1) is 5.69 Å². The van der Waals surface area contributed by atoms with Gasteiger partial charge < -0.3 is 0 Å². The summed E-state index contributed by atoms with van der Waals surface area (Å²) in [6.45, 7) is 0. The molecule has 1 aromatic carbocycles. The van der Waals surface area contributed by atoms with Gasteiger partial charge in [0.1, 0.15) is 0 Å². The third-order valence-corrected chi connectivity index (χ3v) is 2.80. The Morgan fingerprint density at radius 1 is 1.31 bits per heavy atom. The summed E-state index contributed by atoms with van der Waals surface area (Å²) >= 11 is 6.34. The molecule has 0 spiro atoms. The van der Waals surface area contributed by atoms with Gasteiger partial charge in [0, 0.05) is 8.95 Å². The average molecular weight is 331 g/mol. The Hall–Kier alpha value is -0.110. The first-order valence-electron chi connectivity index (χ1n) is 3.09. The van der Waals surface area contributed by atoms with Crippen LogP contribution in [-0.4, -0.2) is 13.0 Å². The standard InChI is InChI=1S/C6H5Br2NO3S/c7-4-1-2-6(5(8)3-4)9-13(10,11)12/h1-3,9H,(H,10,11,12). The maximum atomic E-state index is 10.4. The number of halogens is 2. The number of hydrogen-bond acceptors (Lipinski definition) is 2. The van der Waals surface area contributed by atoms with E-state index >= 15 is 0 Å². The molecule has 0 heterocycles. The molecule has 0 unspecified atom stereocenters. The van der Waals surface area contributed by atoms with Gasteiger partial charge in [-0.05, 0) is 34.1 Å².